The van der Waals surface area contributed by atoms with Gasteiger partial charge in [0.15, 0.2) is 37.0 Å². The molecule has 5 fully saturated rings. The summed E-state index contributed by atoms with van der Waals surface area (Å²) in [6, 6.07) is 31.8. The van der Waals surface area contributed by atoms with E-state index in [-0.39, 0.29) is 28.0 Å². The number of amides is 1. The Kier molecular flexibility index (Phi) is 21.2. The molecule has 1 heterocycles. The second-order valence-corrected chi connectivity index (χ2v) is 21.9. The van der Waals surface area contributed by atoms with Crippen molar-refractivity contribution in [3.63, 3.8) is 0 Å². The Morgan fingerprint density at radius 3 is 1.47 bits per heavy atom. The van der Waals surface area contributed by atoms with E-state index in [1.54, 1.807) is 91.0 Å². The van der Waals surface area contributed by atoms with Gasteiger partial charge in [-0.05, 0) is 129 Å². The van der Waals surface area contributed by atoms with Gasteiger partial charge in [0.1, 0.15) is 6.10 Å². The number of aldehydes is 1. The lowest BCUT2D eigenvalue weighted by Crippen LogP contribution is -2.63. The zero-order valence-electron chi connectivity index (χ0n) is 44.6. The molecule has 4 aromatic rings. The molecular formula is C64H77NO12. The first kappa shape index (κ1) is 56.8. The average molecular weight is 1050 g/mol. The Morgan fingerprint density at radius 1 is 0.571 bits per heavy atom. The number of hydrogen-bond acceptors (Lipinski definition) is 12. The summed E-state index contributed by atoms with van der Waals surface area (Å²) in [4.78, 5) is 83.9. The van der Waals surface area contributed by atoms with E-state index < -0.39 is 73.3 Å². The summed E-state index contributed by atoms with van der Waals surface area (Å²) in [6.45, 7) is 1.84. The van der Waals surface area contributed by atoms with Gasteiger partial charge in [0.05, 0.1) is 34.9 Å². The van der Waals surface area contributed by atoms with E-state index >= 15 is 0 Å². The van der Waals surface area contributed by atoms with Crippen molar-refractivity contribution in [3.05, 3.63) is 156 Å². The molecule has 7 atom stereocenters. The number of ether oxygens (including phenoxy) is 6. The molecule has 13 heteroatoms. The lowest BCUT2D eigenvalue weighted by molar-refractivity contribution is -0.287. The maximum absolute atomic E-state index is 14.7. The smallest absolute Gasteiger partial charge is 0.338 e. The van der Waals surface area contributed by atoms with Crippen LogP contribution in [-0.2, 0) is 38.0 Å². The largest absolute Gasteiger partial charge is 0.452 e. The van der Waals surface area contributed by atoms with Crippen LogP contribution in [0.25, 0.3) is 0 Å². The highest BCUT2D eigenvalue weighted by molar-refractivity contribution is 5.92. The van der Waals surface area contributed by atoms with E-state index in [1.807, 2.05) is 6.08 Å². The Balaban J connectivity index is 1.08. The molecule has 9 rings (SSSR count). The molecule has 4 aliphatic carbocycles. The molecule has 0 aromatic heterocycles. The highest BCUT2D eigenvalue weighted by atomic mass is 16.7. The molecule has 1 aliphatic heterocycles. The minimum Gasteiger partial charge on any atom is -0.452 e. The number of carbonyl (C=O) groups is 6. The zero-order valence-corrected chi connectivity index (χ0v) is 44.6. The van der Waals surface area contributed by atoms with Crippen LogP contribution in [-0.4, -0.2) is 85.5 Å². The molecule has 1 N–H and O–H groups in total. The van der Waals surface area contributed by atoms with Crippen molar-refractivity contribution in [3.8, 4) is 0 Å². The van der Waals surface area contributed by atoms with Gasteiger partial charge < -0.3 is 38.5 Å². The standard InChI is InChI=1S/C64H77NO12/c1-2-3-4-5-6-7-8-9-10-11-12-13-26-35-53(73-59(68)48-27-18-14-19-28-48)52(65-55(67)42-64-39-45-36-46(40-64)38-47(37-45)41-64)44-72-63-58(77-62(71)51-33-24-17-25-34-51)57(76-61(70)50-31-22-16-23-32-50)56(54(43-66)74-63)75-60(69)49-29-20-15-21-30-49/h14-35,43,45-47,52-54,56-58,63H,2-13,36-42,44H2,1H3,(H,65,67)/b35-26+/t45?,46?,47?,52-,53+,54+,56-,57-,58+,63+,64?/m0/s1. The van der Waals surface area contributed by atoms with E-state index in [0.717, 1.165) is 38.5 Å². The first-order chi connectivity index (χ1) is 37.6. The molecular weight excluding hydrogens is 975 g/mol. The topological polar surface area (TPSA) is 170 Å². The summed E-state index contributed by atoms with van der Waals surface area (Å²) in [6.07, 6.45) is 15.6. The minimum absolute atomic E-state index is 0.130. The number of nitrogens with one attached hydrogen (secondary N) is 1. The van der Waals surface area contributed by atoms with Crippen LogP contribution in [0.1, 0.15) is 170 Å². The van der Waals surface area contributed by atoms with E-state index in [0.29, 0.717) is 42.4 Å². The first-order valence-electron chi connectivity index (χ1n) is 28.3. The van der Waals surface area contributed by atoms with E-state index in [2.05, 4.69) is 12.2 Å². The molecule has 1 amide bonds. The SMILES string of the molecule is CCCCCCCCCCCCC/C=C/[C@@H](OC(=O)c1ccccc1)[C@H](CO[C@@H]1O[C@H](C=O)[C@H](OC(=O)c2ccccc2)[C@H](OC(=O)c2ccccc2)[C@H]1OC(=O)c1ccccc1)NC(=O)CC12CC3CC(CC(C3)C1)C2. The van der Waals surface area contributed by atoms with Crippen LogP contribution in [0.4, 0.5) is 0 Å². The first-order valence-corrected chi connectivity index (χ1v) is 28.3. The molecule has 4 bridgehead atoms. The number of allylic oxidation sites excluding steroid dienone is 1. The Labute approximate surface area is 454 Å². The zero-order chi connectivity index (χ0) is 53.8. The van der Waals surface area contributed by atoms with Gasteiger partial charge >= 0.3 is 23.9 Å². The number of hydrogen-bond donors (Lipinski definition) is 1. The molecule has 0 spiro atoms. The number of unbranched alkanes of at least 4 members (excludes halogenated alkanes) is 11. The number of benzene rings is 4. The third kappa shape index (κ3) is 16.3. The Morgan fingerprint density at radius 2 is 1.00 bits per heavy atom. The second kappa shape index (κ2) is 28.8. The highest BCUT2D eigenvalue weighted by Crippen LogP contribution is 2.61. The Bertz CT molecular complexity index is 2500. The molecule has 0 radical (unpaired) electrons. The molecule has 0 unspecified atom stereocenters. The van der Waals surface area contributed by atoms with Gasteiger partial charge in [-0.15, -0.1) is 0 Å². The van der Waals surface area contributed by atoms with Gasteiger partial charge in [-0.3, -0.25) is 4.79 Å². The van der Waals surface area contributed by atoms with Crippen molar-refractivity contribution in [2.45, 2.75) is 172 Å². The van der Waals surface area contributed by atoms with Crippen LogP contribution in [0.3, 0.4) is 0 Å². The van der Waals surface area contributed by atoms with Crippen LogP contribution in [0.5, 0.6) is 0 Å². The maximum atomic E-state index is 14.7. The summed E-state index contributed by atoms with van der Waals surface area (Å²) < 4.78 is 37.6. The number of esters is 4. The van der Waals surface area contributed by atoms with Gasteiger partial charge in [-0.25, -0.2) is 19.2 Å². The highest BCUT2D eigenvalue weighted by Gasteiger charge is 2.54. The second-order valence-electron chi connectivity index (χ2n) is 21.9. The van der Waals surface area contributed by atoms with Crippen LogP contribution < -0.4 is 5.32 Å². The number of rotatable bonds is 29. The molecule has 410 valence electrons. The fraction of sp³-hybridized carbons (Fsp3) is 0.500. The van der Waals surface area contributed by atoms with E-state index in [4.69, 9.17) is 28.4 Å². The monoisotopic (exact) mass is 1050 g/mol. The quantitative estimate of drug-likeness (QED) is 0.0180. The third-order valence-electron chi connectivity index (χ3n) is 15.9. The van der Waals surface area contributed by atoms with Gasteiger partial charge in [0.2, 0.25) is 5.91 Å². The fourth-order valence-electron chi connectivity index (χ4n) is 12.5. The summed E-state index contributed by atoms with van der Waals surface area (Å²) in [7, 11) is 0. The van der Waals surface area contributed by atoms with Crippen molar-refractivity contribution in [1.29, 1.82) is 0 Å². The fourth-order valence-corrected chi connectivity index (χ4v) is 12.5. The summed E-state index contributed by atoms with van der Waals surface area (Å²) in [5, 5.41) is 3.23. The number of carbonyl (C=O) groups excluding carboxylic acids is 6. The third-order valence-corrected chi connectivity index (χ3v) is 15.9. The summed E-state index contributed by atoms with van der Waals surface area (Å²) in [5.41, 5.74) is 0.590. The van der Waals surface area contributed by atoms with Crippen molar-refractivity contribution in [2.24, 2.45) is 23.2 Å². The van der Waals surface area contributed by atoms with Crippen LogP contribution in [0, 0.1) is 23.2 Å². The van der Waals surface area contributed by atoms with E-state index in [9.17, 15) is 28.8 Å². The predicted molar refractivity (Wildman–Crippen MR) is 291 cm³/mol. The van der Waals surface area contributed by atoms with Gasteiger partial charge in [0.25, 0.3) is 0 Å². The van der Waals surface area contributed by atoms with Crippen LogP contribution >= 0.6 is 0 Å². The molecule has 4 aromatic carbocycles. The van der Waals surface area contributed by atoms with Gasteiger partial charge in [-0.1, -0.05) is 150 Å². The van der Waals surface area contributed by atoms with Crippen molar-refractivity contribution < 1.29 is 57.2 Å². The molecule has 77 heavy (non-hydrogen) atoms. The predicted octanol–water partition coefficient (Wildman–Crippen LogP) is 12.2. The van der Waals surface area contributed by atoms with Gasteiger partial charge in [0, 0.05) is 6.42 Å². The lowest BCUT2D eigenvalue weighted by atomic mass is 9.49. The molecule has 4 saturated carbocycles. The molecule has 1 saturated heterocycles. The average Bonchev–Trinajstić information content (AvgIpc) is 3.51. The van der Waals surface area contributed by atoms with Crippen molar-refractivity contribution in [2.75, 3.05) is 6.61 Å². The Hall–Kier alpha value is -6.44. The molecule has 13 nitrogen and oxygen atoms in total. The summed E-state index contributed by atoms with van der Waals surface area (Å²) in [5.74, 6) is -1.59. The lowest BCUT2D eigenvalue weighted by Gasteiger charge is -2.56. The maximum Gasteiger partial charge on any atom is 0.338 e. The van der Waals surface area contributed by atoms with E-state index in [1.165, 1.54) is 107 Å². The molecule has 5 aliphatic rings. The van der Waals surface area contributed by atoms with Crippen LogP contribution in [0.15, 0.2) is 133 Å². The van der Waals surface area contributed by atoms with Crippen LogP contribution in [0.2, 0.25) is 0 Å². The van der Waals surface area contributed by atoms with Crippen molar-refractivity contribution >= 4 is 36.1 Å². The van der Waals surface area contributed by atoms with Gasteiger partial charge in [-0.2, -0.15) is 0 Å². The van der Waals surface area contributed by atoms with Crippen molar-refractivity contribution in [1.82, 2.24) is 5.32 Å². The minimum atomic E-state index is -1.68. The summed E-state index contributed by atoms with van der Waals surface area (Å²) >= 11 is 0. The normalized spacial score (nSPS) is 25.1.